The van der Waals surface area contributed by atoms with Crippen LogP contribution >= 0.6 is 0 Å². The summed E-state index contributed by atoms with van der Waals surface area (Å²) in [5.41, 5.74) is 3.95. The van der Waals surface area contributed by atoms with E-state index in [2.05, 4.69) is 73.5 Å². The summed E-state index contributed by atoms with van der Waals surface area (Å²) in [5, 5.41) is 0. The van der Waals surface area contributed by atoms with Gasteiger partial charge in [0.2, 0.25) is 0 Å². The van der Waals surface area contributed by atoms with Gasteiger partial charge in [0.25, 0.3) is 0 Å². The van der Waals surface area contributed by atoms with Crippen molar-refractivity contribution >= 4 is 0 Å². The molecule has 0 saturated carbocycles. The van der Waals surface area contributed by atoms with Gasteiger partial charge in [-0.05, 0) is 36.7 Å². The maximum Gasteiger partial charge on any atom is 0.0230 e. The lowest BCUT2D eigenvalue weighted by atomic mass is 10.0. The molecule has 0 unspecified atom stereocenters. The lowest BCUT2D eigenvalue weighted by molar-refractivity contribution is 0.327. The summed E-state index contributed by atoms with van der Waals surface area (Å²) in [4.78, 5) is 2.36. The van der Waals surface area contributed by atoms with Crippen LogP contribution in [0.25, 0.3) is 11.1 Å². The highest BCUT2D eigenvalue weighted by atomic mass is 15.1. The summed E-state index contributed by atoms with van der Waals surface area (Å²) >= 11 is 0. The maximum absolute atomic E-state index is 2.36. The molecule has 0 radical (unpaired) electrons. The summed E-state index contributed by atoms with van der Waals surface area (Å²) in [6, 6.07) is 19.4. The van der Waals surface area contributed by atoms with Gasteiger partial charge in [-0.25, -0.2) is 0 Å². The van der Waals surface area contributed by atoms with Gasteiger partial charge in [-0.3, -0.25) is 0 Å². The Balaban J connectivity index is 2.06. The Labute approximate surface area is 110 Å². The molecule has 2 rings (SSSR count). The lowest BCUT2D eigenvalue weighted by Gasteiger charge is -2.15. The van der Waals surface area contributed by atoms with Crippen molar-refractivity contribution in [1.29, 1.82) is 0 Å². The fraction of sp³-hybridized carbons (Fsp3) is 0.294. The zero-order chi connectivity index (χ0) is 12.8. The Morgan fingerprint density at radius 1 is 0.833 bits per heavy atom. The zero-order valence-electron chi connectivity index (χ0n) is 11.3. The van der Waals surface area contributed by atoms with Crippen LogP contribution in [-0.4, -0.2) is 18.5 Å². The SMILES string of the molecule is CCCN(C)Cc1ccc(-c2ccccc2)cc1. The quantitative estimate of drug-likeness (QED) is 0.756. The molecule has 0 bridgehead atoms. The second kappa shape index (κ2) is 6.36. The molecule has 0 saturated heterocycles. The molecule has 0 atom stereocenters. The minimum atomic E-state index is 1.03. The summed E-state index contributed by atoms with van der Waals surface area (Å²) in [6.45, 7) is 4.40. The first-order valence-electron chi connectivity index (χ1n) is 6.62. The molecule has 0 aliphatic rings. The molecule has 18 heavy (non-hydrogen) atoms. The molecular weight excluding hydrogens is 218 g/mol. The zero-order valence-corrected chi connectivity index (χ0v) is 11.3. The predicted octanol–water partition coefficient (Wildman–Crippen LogP) is 4.20. The first-order chi connectivity index (χ1) is 8.79. The number of hydrogen-bond acceptors (Lipinski definition) is 1. The van der Waals surface area contributed by atoms with Crippen molar-refractivity contribution < 1.29 is 0 Å². The highest BCUT2D eigenvalue weighted by Gasteiger charge is 2.00. The molecule has 0 aromatic heterocycles. The van der Waals surface area contributed by atoms with Crippen LogP contribution in [0.1, 0.15) is 18.9 Å². The van der Waals surface area contributed by atoms with Crippen molar-refractivity contribution in [3.05, 3.63) is 60.2 Å². The van der Waals surface area contributed by atoms with E-state index in [1.165, 1.54) is 23.1 Å². The molecule has 0 fully saturated rings. The molecule has 1 heteroatoms. The Morgan fingerprint density at radius 3 is 2.06 bits per heavy atom. The van der Waals surface area contributed by atoms with Gasteiger partial charge in [0, 0.05) is 6.54 Å². The third kappa shape index (κ3) is 3.44. The standard InChI is InChI=1S/C17H21N/c1-3-13-18(2)14-15-9-11-17(12-10-15)16-7-5-4-6-8-16/h4-12H,3,13-14H2,1-2H3. The molecule has 2 aromatic rings. The van der Waals surface area contributed by atoms with Crippen LogP contribution < -0.4 is 0 Å². The minimum absolute atomic E-state index is 1.03. The number of nitrogens with zero attached hydrogens (tertiary/aromatic N) is 1. The van der Waals surface area contributed by atoms with E-state index in [1.54, 1.807) is 0 Å². The normalized spacial score (nSPS) is 10.8. The third-order valence-electron chi connectivity index (χ3n) is 3.12. The van der Waals surface area contributed by atoms with E-state index in [1.807, 2.05) is 0 Å². The Kier molecular flexibility index (Phi) is 4.54. The molecule has 0 aliphatic carbocycles. The average Bonchev–Trinajstić information content (AvgIpc) is 2.41. The first kappa shape index (κ1) is 12.8. The summed E-state index contributed by atoms with van der Waals surface area (Å²) in [6.07, 6.45) is 1.21. The van der Waals surface area contributed by atoms with E-state index in [0.717, 1.165) is 13.1 Å². The van der Waals surface area contributed by atoms with Gasteiger partial charge in [-0.2, -0.15) is 0 Å². The molecule has 0 spiro atoms. The van der Waals surface area contributed by atoms with E-state index in [-0.39, 0.29) is 0 Å². The molecule has 94 valence electrons. The molecule has 0 heterocycles. The Hall–Kier alpha value is -1.60. The predicted molar refractivity (Wildman–Crippen MR) is 78.5 cm³/mol. The van der Waals surface area contributed by atoms with Gasteiger partial charge in [-0.15, -0.1) is 0 Å². The second-order valence-corrected chi connectivity index (χ2v) is 4.80. The fourth-order valence-electron chi connectivity index (χ4n) is 2.21. The molecular formula is C17H21N. The molecule has 2 aromatic carbocycles. The van der Waals surface area contributed by atoms with Crippen molar-refractivity contribution in [2.24, 2.45) is 0 Å². The van der Waals surface area contributed by atoms with Crippen molar-refractivity contribution in [2.75, 3.05) is 13.6 Å². The van der Waals surface area contributed by atoms with E-state index in [9.17, 15) is 0 Å². The molecule has 0 aliphatic heterocycles. The first-order valence-corrected chi connectivity index (χ1v) is 6.62. The monoisotopic (exact) mass is 239 g/mol. The van der Waals surface area contributed by atoms with Crippen LogP contribution in [0, 0.1) is 0 Å². The van der Waals surface area contributed by atoms with Crippen LogP contribution in [-0.2, 0) is 6.54 Å². The van der Waals surface area contributed by atoms with Crippen molar-refractivity contribution in [3.8, 4) is 11.1 Å². The largest absolute Gasteiger partial charge is 0.302 e. The van der Waals surface area contributed by atoms with E-state index >= 15 is 0 Å². The summed E-state index contributed by atoms with van der Waals surface area (Å²) in [7, 11) is 2.18. The molecule has 1 nitrogen and oxygen atoms in total. The third-order valence-corrected chi connectivity index (χ3v) is 3.12. The van der Waals surface area contributed by atoms with Gasteiger partial charge in [-0.1, -0.05) is 61.5 Å². The smallest absolute Gasteiger partial charge is 0.0230 e. The van der Waals surface area contributed by atoms with Crippen molar-refractivity contribution in [2.45, 2.75) is 19.9 Å². The number of hydrogen-bond donors (Lipinski definition) is 0. The Bertz CT molecular complexity index is 459. The van der Waals surface area contributed by atoms with Crippen molar-refractivity contribution in [1.82, 2.24) is 4.90 Å². The molecule has 0 N–H and O–H groups in total. The number of rotatable bonds is 5. The minimum Gasteiger partial charge on any atom is -0.302 e. The van der Waals surface area contributed by atoms with Crippen molar-refractivity contribution in [3.63, 3.8) is 0 Å². The van der Waals surface area contributed by atoms with Crippen LogP contribution in [0.4, 0.5) is 0 Å². The average molecular weight is 239 g/mol. The van der Waals surface area contributed by atoms with E-state index in [0.29, 0.717) is 0 Å². The van der Waals surface area contributed by atoms with Crippen LogP contribution in [0.3, 0.4) is 0 Å². The van der Waals surface area contributed by atoms with Gasteiger partial charge in [0.15, 0.2) is 0 Å². The highest BCUT2D eigenvalue weighted by molar-refractivity contribution is 5.63. The maximum atomic E-state index is 2.36. The van der Waals surface area contributed by atoms with Crippen LogP contribution in [0.2, 0.25) is 0 Å². The summed E-state index contributed by atoms with van der Waals surface area (Å²) in [5.74, 6) is 0. The lowest BCUT2D eigenvalue weighted by Crippen LogP contribution is -2.18. The van der Waals surface area contributed by atoms with Gasteiger partial charge in [0.1, 0.15) is 0 Å². The molecule has 0 amide bonds. The van der Waals surface area contributed by atoms with E-state index in [4.69, 9.17) is 0 Å². The number of benzene rings is 2. The topological polar surface area (TPSA) is 3.24 Å². The Morgan fingerprint density at radius 2 is 1.44 bits per heavy atom. The van der Waals surface area contributed by atoms with Gasteiger partial charge in [0.05, 0.1) is 0 Å². The van der Waals surface area contributed by atoms with Gasteiger partial charge < -0.3 is 4.90 Å². The van der Waals surface area contributed by atoms with E-state index < -0.39 is 0 Å². The van der Waals surface area contributed by atoms with Crippen LogP contribution in [0.15, 0.2) is 54.6 Å². The van der Waals surface area contributed by atoms with Gasteiger partial charge >= 0.3 is 0 Å². The second-order valence-electron chi connectivity index (χ2n) is 4.80. The summed E-state index contributed by atoms with van der Waals surface area (Å²) < 4.78 is 0. The highest BCUT2D eigenvalue weighted by Crippen LogP contribution is 2.19. The fourth-order valence-corrected chi connectivity index (χ4v) is 2.21. The van der Waals surface area contributed by atoms with Crippen LogP contribution in [0.5, 0.6) is 0 Å².